The predicted molar refractivity (Wildman–Crippen MR) is 107 cm³/mol. The topological polar surface area (TPSA) is 70.3 Å². The fraction of sp³-hybridized carbons (Fsp3) is 0.0952. The van der Waals surface area contributed by atoms with Crippen LogP contribution in [-0.4, -0.2) is 29.3 Å². The number of methoxy groups -OCH3 is 2. The van der Waals surface area contributed by atoms with Crippen molar-refractivity contribution in [1.82, 2.24) is 15.1 Å². The van der Waals surface area contributed by atoms with Crippen molar-refractivity contribution >= 4 is 11.6 Å². The van der Waals surface area contributed by atoms with Gasteiger partial charge in [0.05, 0.1) is 36.1 Å². The van der Waals surface area contributed by atoms with Gasteiger partial charge in [-0.25, -0.2) is 4.98 Å². The largest absolute Gasteiger partial charge is 0.497 e. The van der Waals surface area contributed by atoms with Crippen LogP contribution in [0.3, 0.4) is 0 Å². The molecule has 0 spiro atoms. The summed E-state index contributed by atoms with van der Waals surface area (Å²) in [6.45, 7) is 0. The molecular formula is C21H16ClN3O3. The summed E-state index contributed by atoms with van der Waals surface area (Å²) in [6.07, 6.45) is 0. The standard InChI is InChI=1S/C21H16ClN3O3/c1-26-14-7-5-6-13(12-14)18-11-10-16(20(23-18)27-2)19-24-21(28-25-19)15-8-3-4-9-17(15)22/h3-12H,1-2H3. The molecule has 0 bridgehead atoms. The molecule has 2 aromatic carbocycles. The zero-order valence-electron chi connectivity index (χ0n) is 15.2. The smallest absolute Gasteiger partial charge is 0.259 e. The quantitative estimate of drug-likeness (QED) is 0.467. The van der Waals surface area contributed by atoms with E-state index in [1.54, 1.807) is 20.3 Å². The molecule has 0 fully saturated rings. The minimum atomic E-state index is 0.333. The first kappa shape index (κ1) is 18.0. The number of halogens is 1. The van der Waals surface area contributed by atoms with E-state index in [0.29, 0.717) is 33.7 Å². The van der Waals surface area contributed by atoms with Crippen LogP contribution in [0, 0.1) is 0 Å². The first-order chi connectivity index (χ1) is 13.7. The van der Waals surface area contributed by atoms with Gasteiger partial charge in [0.1, 0.15) is 5.75 Å². The Kier molecular flexibility index (Phi) is 4.95. The van der Waals surface area contributed by atoms with Crippen LogP contribution in [0.4, 0.5) is 0 Å². The van der Waals surface area contributed by atoms with E-state index < -0.39 is 0 Å². The summed E-state index contributed by atoms with van der Waals surface area (Å²) >= 11 is 6.21. The number of rotatable bonds is 5. The van der Waals surface area contributed by atoms with Gasteiger partial charge in [-0.3, -0.25) is 0 Å². The van der Waals surface area contributed by atoms with Crippen LogP contribution < -0.4 is 9.47 Å². The molecule has 0 saturated carbocycles. The number of hydrogen-bond acceptors (Lipinski definition) is 6. The third-order valence-electron chi connectivity index (χ3n) is 4.19. The lowest BCUT2D eigenvalue weighted by Crippen LogP contribution is -1.95. The molecule has 4 aromatic rings. The molecule has 0 N–H and O–H groups in total. The number of hydrogen-bond donors (Lipinski definition) is 0. The van der Waals surface area contributed by atoms with Crippen LogP contribution in [0.25, 0.3) is 34.1 Å². The Hall–Kier alpha value is -3.38. The van der Waals surface area contributed by atoms with E-state index in [0.717, 1.165) is 17.0 Å². The van der Waals surface area contributed by atoms with Gasteiger partial charge in [-0.05, 0) is 36.4 Å². The average molecular weight is 394 g/mol. The van der Waals surface area contributed by atoms with Gasteiger partial charge < -0.3 is 14.0 Å². The molecule has 0 aliphatic rings. The molecule has 2 heterocycles. The Morgan fingerprint density at radius 3 is 2.50 bits per heavy atom. The Balaban J connectivity index is 1.72. The monoisotopic (exact) mass is 393 g/mol. The highest BCUT2D eigenvalue weighted by Crippen LogP contribution is 2.33. The maximum absolute atomic E-state index is 6.21. The van der Waals surface area contributed by atoms with Crippen molar-refractivity contribution < 1.29 is 14.0 Å². The molecule has 0 unspecified atom stereocenters. The van der Waals surface area contributed by atoms with Crippen LogP contribution in [0.5, 0.6) is 11.6 Å². The lowest BCUT2D eigenvalue weighted by Gasteiger charge is -2.08. The highest BCUT2D eigenvalue weighted by atomic mass is 35.5. The highest BCUT2D eigenvalue weighted by Gasteiger charge is 2.18. The summed E-state index contributed by atoms with van der Waals surface area (Å²) in [7, 11) is 3.18. The van der Waals surface area contributed by atoms with Gasteiger partial charge in [0, 0.05) is 5.56 Å². The van der Waals surface area contributed by atoms with E-state index >= 15 is 0 Å². The van der Waals surface area contributed by atoms with E-state index in [1.807, 2.05) is 54.6 Å². The van der Waals surface area contributed by atoms with Crippen molar-refractivity contribution in [3.8, 4) is 45.7 Å². The second-order valence-electron chi connectivity index (χ2n) is 5.89. The fourth-order valence-electron chi connectivity index (χ4n) is 2.79. The highest BCUT2D eigenvalue weighted by molar-refractivity contribution is 6.33. The van der Waals surface area contributed by atoms with Crippen molar-refractivity contribution in [2.24, 2.45) is 0 Å². The van der Waals surface area contributed by atoms with Gasteiger partial charge in [0.25, 0.3) is 5.89 Å². The molecule has 28 heavy (non-hydrogen) atoms. The first-order valence-corrected chi connectivity index (χ1v) is 8.86. The van der Waals surface area contributed by atoms with Gasteiger partial charge in [-0.15, -0.1) is 0 Å². The zero-order chi connectivity index (χ0) is 19.5. The van der Waals surface area contributed by atoms with Crippen molar-refractivity contribution in [1.29, 1.82) is 0 Å². The number of pyridine rings is 1. The molecule has 0 radical (unpaired) electrons. The molecule has 2 aromatic heterocycles. The van der Waals surface area contributed by atoms with Gasteiger partial charge in [-0.2, -0.15) is 4.98 Å². The van der Waals surface area contributed by atoms with Gasteiger partial charge in [0.2, 0.25) is 11.7 Å². The summed E-state index contributed by atoms with van der Waals surface area (Å²) in [4.78, 5) is 9.04. The maximum Gasteiger partial charge on any atom is 0.259 e. The summed E-state index contributed by atoms with van der Waals surface area (Å²) in [5, 5.41) is 4.60. The summed E-state index contributed by atoms with van der Waals surface area (Å²) in [5.74, 6) is 1.85. The summed E-state index contributed by atoms with van der Waals surface area (Å²) in [5.41, 5.74) is 2.95. The van der Waals surface area contributed by atoms with Gasteiger partial charge in [0.15, 0.2) is 0 Å². The molecule has 6 nitrogen and oxygen atoms in total. The van der Waals surface area contributed by atoms with Crippen molar-refractivity contribution in [3.05, 3.63) is 65.7 Å². The lowest BCUT2D eigenvalue weighted by atomic mass is 10.1. The van der Waals surface area contributed by atoms with Crippen LogP contribution in [0.1, 0.15) is 0 Å². The SMILES string of the molecule is COc1cccc(-c2ccc(-c3noc(-c4ccccc4Cl)n3)c(OC)n2)c1. The number of nitrogens with zero attached hydrogens (tertiary/aromatic N) is 3. The van der Waals surface area contributed by atoms with Crippen LogP contribution in [-0.2, 0) is 0 Å². The molecule has 0 amide bonds. The van der Waals surface area contributed by atoms with Crippen molar-refractivity contribution in [2.45, 2.75) is 0 Å². The lowest BCUT2D eigenvalue weighted by molar-refractivity contribution is 0.398. The van der Waals surface area contributed by atoms with Crippen molar-refractivity contribution in [2.75, 3.05) is 14.2 Å². The first-order valence-electron chi connectivity index (χ1n) is 8.48. The Morgan fingerprint density at radius 1 is 0.857 bits per heavy atom. The maximum atomic E-state index is 6.21. The molecular weight excluding hydrogens is 378 g/mol. The fourth-order valence-corrected chi connectivity index (χ4v) is 3.00. The van der Waals surface area contributed by atoms with E-state index in [2.05, 4.69) is 15.1 Å². The average Bonchev–Trinajstić information content (AvgIpc) is 3.23. The van der Waals surface area contributed by atoms with E-state index in [-0.39, 0.29) is 0 Å². The van der Waals surface area contributed by atoms with Gasteiger partial charge in [-0.1, -0.05) is 41.0 Å². The molecule has 0 aliphatic carbocycles. The van der Waals surface area contributed by atoms with Crippen LogP contribution >= 0.6 is 11.6 Å². The predicted octanol–water partition coefficient (Wildman–Crippen LogP) is 5.14. The normalized spacial score (nSPS) is 10.7. The molecule has 4 rings (SSSR count). The second kappa shape index (κ2) is 7.70. The molecule has 0 saturated heterocycles. The number of benzene rings is 2. The molecule has 140 valence electrons. The van der Waals surface area contributed by atoms with Crippen LogP contribution in [0.15, 0.2) is 65.2 Å². The molecule has 0 atom stereocenters. The third-order valence-corrected chi connectivity index (χ3v) is 4.52. The molecule has 0 aliphatic heterocycles. The Morgan fingerprint density at radius 2 is 1.71 bits per heavy atom. The zero-order valence-corrected chi connectivity index (χ0v) is 16.0. The van der Waals surface area contributed by atoms with E-state index in [9.17, 15) is 0 Å². The Labute approximate surface area is 166 Å². The molecule has 7 heteroatoms. The number of aromatic nitrogens is 3. The second-order valence-corrected chi connectivity index (χ2v) is 6.30. The van der Waals surface area contributed by atoms with E-state index in [1.165, 1.54) is 0 Å². The van der Waals surface area contributed by atoms with Crippen LogP contribution in [0.2, 0.25) is 5.02 Å². The number of ether oxygens (including phenoxy) is 2. The van der Waals surface area contributed by atoms with Gasteiger partial charge >= 0.3 is 0 Å². The third kappa shape index (κ3) is 3.42. The summed E-state index contributed by atoms with van der Waals surface area (Å²) < 4.78 is 16.1. The summed E-state index contributed by atoms with van der Waals surface area (Å²) in [6, 6.07) is 18.7. The van der Waals surface area contributed by atoms with Crippen molar-refractivity contribution in [3.63, 3.8) is 0 Å². The van der Waals surface area contributed by atoms with E-state index in [4.69, 9.17) is 25.6 Å². The minimum absolute atomic E-state index is 0.333. The minimum Gasteiger partial charge on any atom is -0.497 e. The Bertz CT molecular complexity index is 1130.